The molecule has 2 aliphatic heterocycles. The van der Waals surface area contributed by atoms with Crippen molar-refractivity contribution in [3.63, 3.8) is 0 Å². The molecule has 4 heterocycles. The van der Waals surface area contributed by atoms with Gasteiger partial charge in [-0.15, -0.1) is 0 Å². The molecule has 0 saturated carbocycles. The molecule has 0 unspecified atom stereocenters. The Morgan fingerprint density at radius 2 is 1.97 bits per heavy atom. The summed E-state index contributed by atoms with van der Waals surface area (Å²) in [5.74, 6) is 0.297. The van der Waals surface area contributed by atoms with Gasteiger partial charge in [0.2, 0.25) is 0 Å². The van der Waals surface area contributed by atoms with Gasteiger partial charge < -0.3 is 19.7 Å². The monoisotopic (exact) mass is 428 g/mol. The van der Waals surface area contributed by atoms with Crippen LogP contribution in [0.4, 0.5) is 21.6 Å². The number of imidazole rings is 1. The zero-order valence-electron chi connectivity index (χ0n) is 17.5. The van der Waals surface area contributed by atoms with Crippen LogP contribution in [-0.2, 0) is 6.54 Å². The molecule has 7 nitrogen and oxygen atoms in total. The van der Waals surface area contributed by atoms with E-state index in [4.69, 9.17) is 4.98 Å². The lowest BCUT2D eigenvalue weighted by Crippen LogP contribution is -2.60. The number of halogens is 1. The van der Waals surface area contributed by atoms with Gasteiger partial charge in [-0.3, -0.25) is 4.99 Å². The molecule has 4 aromatic rings. The summed E-state index contributed by atoms with van der Waals surface area (Å²) in [5.41, 5.74) is 4.76. The fourth-order valence-corrected chi connectivity index (χ4v) is 4.34. The number of hydrogen-bond donors (Lipinski definition) is 2. The number of nitrogens with one attached hydrogen (secondary N) is 1. The van der Waals surface area contributed by atoms with Crippen LogP contribution in [0.3, 0.4) is 0 Å². The summed E-state index contributed by atoms with van der Waals surface area (Å²) in [4.78, 5) is 15.5. The van der Waals surface area contributed by atoms with Gasteiger partial charge in [0.1, 0.15) is 5.82 Å². The highest BCUT2D eigenvalue weighted by molar-refractivity contribution is 5.86. The van der Waals surface area contributed by atoms with Crippen LogP contribution < -0.4 is 10.2 Å². The van der Waals surface area contributed by atoms with E-state index in [1.807, 2.05) is 54.0 Å². The van der Waals surface area contributed by atoms with Crippen LogP contribution >= 0.6 is 0 Å². The number of rotatable bonds is 4. The van der Waals surface area contributed by atoms with E-state index in [2.05, 4.69) is 20.2 Å². The molecule has 0 aliphatic carbocycles. The summed E-state index contributed by atoms with van der Waals surface area (Å²) >= 11 is 0. The molecule has 160 valence electrons. The Labute approximate surface area is 183 Å². The van der Waals surface area contributed by atoms with Gasteiger partial charge in [0.15, 0.2) is 11.5 Å². The first-order valence-electron chi connectivity index (χ1n) is 10.5. The van der Waals surface area contributed by atoms with E-state index >= 15 is 0 Å². The first kappa shape index (κ1) is 18.9. The van der Waals surface area contributed by atoms with Crippen LogP contribution in [0, 0.1) is 5.82 Å². The van der Waals surface area contributed by atoms with Crippen molar-refractivity contribution < 1.29 is 9.50 Å². The molecule has 0 atom stereocenters. The molecule has 2 aromatic carbocycles. The molecule has 2 aromatic heterocycles. The minimum Gasteiger partial charge on any atom is -0.386 e. The largest absolute Gasteiger partial charge is 0.386 e. The number of anilines is 3. The number of aliphatic imine (C=N–C) groups is 1. The van der Waals surface area contributed by atoms with E-state index < -0.39 is 5.60 Å². The first-order chi connectivity index (χ1) is 15.4. The normalized spacial score (nSPS) is 16.3. The Bertz CT molecular complexity index is 1370. The molecule has 6 rings (SSSR count). The van der Waals surface area contributed by atoms with Crippen molar-refractivity contribution in [2.24, 2.45) is 4.99 Å². The van der Waals surface area contributed by atoms with Crippen molar-refractivity contribution in [2.75, 3.05) is 23.3 Å². The molecule has 32 heavy (non-hydrogen) atoms. The minimum absolute atomic E-state index is 0.290. The van der Waals surface area contributed by atoms with Gasteiger partial charge in [-0.2, -0.15) is 0 Å². The van der Waals surface area contributed by atoms with Crippen molar-refractivity contribution in [3.8, 4) is 11.3 Å². The Morgan fingerprint density at radius 1 is 1.16 bits per heavy atom. The lowest BCUT2D eigenvalue weighted by molar-refractivity contribution is 0.0310. The Morgan fingerprint density at radius 3 is 2.75 bits per heavy atom. The maximum absolute atomic E-state index is 14.5. The summed E-state index contributed by atoms with van der Waals surface area (Å²) in [6.45, 7) is 3.58. The van der Waals surface area contributed by atoms with Crippen LogP contribution in [0.5, 0.6) is 0 Å². The molecule has 1 saturated heterocycles. The molecule has 0 amide bonds. The van der Waals surface area contributed by atoms with Gasteiger partial charge in [0.05, 0.1) is 17.8 Å². The number of nitrogens with zero attached hydrogens (tertiary/aromatic N) is 5. The number of fused-ring (bicyclic) bond motifs is 2. The predicted octanol–water partition coefficient (Wildman–Crippen LogP) is 3.78. The minimum atomic E-state index is -0.614. The zero-order valence-corrected chi connectivity index (χ0v) is 17.5. The number of hydrogen-bond acceptors (Lipinski definition) is 6. The van der Waals surface area contributed by atoms with Crippen molar-refractivity contribution >= 4 is 29.1 Å². The predicted molar refractivity (Wildman–Crippen MR) is 122 cm³/mol. The van der Waals surface area contributed by atoms with Gasteiger partial charge in [-0.1, -0.05) is 0 Å². The second-order valence-corrected chi connectivity index (χ2v) is 8.66. The van der Waals surface area contributed by atoms with Crippen LogP contribution in [0.1, 0.15) is 18.1 Å². The molecule has 2 N–H and O–H groups in total. The molecular weight excluding hydrogens is 407 g/mol. The highest BCUT2D eigenvalue weighted by Crippen LogP contribution is 2.31. The maximum Gasteiger partial charge on any atom is 0.180 e. The molecule has 2 aliphatic rings. The third-order valence-electron chi connectivity index (χ3n) is 5.93. The summed E-state index contributed by atoms with van der Waals surface area (Å²) in [5, 5.41) is 13.3. The summed E-state index contributed by atoms with van der Waals surface area (Å²) in [6.07, 6.45) is 6.99. The fraction of sp³-hybridized carbons (Fsp3) is 0.208. The number of aliphatic hydroxyl groups is 1. The highest BCUT2D eigenvalue weighted by atomic mass is 19.1. The lowest BCUT2D eigenvalue weighted by atomic mass is 9.96. The van der Waals surface area contributed by atoms with Crippen molar-refractivity contribution in [2.45, 2.75) is 19.1 Å². The Hall–Kier alpha value is -3.78. The standard InChI is InChI=1S/C24H21FN6O/c1-24(32)13-31(14-24)18-4-2-17(3-5-18)28-22-23-27-6-7-30(23)12-21(29-22)15-8-16-10-26-11-19(16)20(25)9-15/h2-9,11-12,32H,10,13-14H2,1H3,(H,28,29). The third-order valence-corrected chi connectivity index (χ3v) is 5.93. The third kappa shape index (κ3) is 3.20. The summed E-state index contributed by atoms with van der Waals surface area (Å²) < 4.78 is 16.4. The molecule has 0 bridgehead atoms. The van der Waals surface area contributed by atoms with Gasteiger partial charge in [0, 0.05) is 60.4 Å². The smallest absolute Gasteiger partial charge is 0.180 e. The number of β-amino-alcohol motifs (C(OH)–C–C–N with tert-alkyl or cyclic N) is 1. The van der Waals surface area contributed by atoms with E-state index in [1.165, 1.54) is 6.07 Å². The van der Waals surface area contributed by atoms with Crippen LogP contribution in [0.25, 0.3) is 16.9 Å². The summed E-state index contributed by atoms with van der Waals surface area (Å²) in [6, 6.07) is 11.4. The lowest BCUT2D eigenvalue weighted by Gasteiger charge is -2.45. The zero-order chi connectivity index (χ0) is 21.9. The van der Waals surface area contributed by atoms with E-state index in [0.717, 1.165) is 16.9 Å². The molecule has 0 radical (unpaired) electrons. The van der Waals surface area contributed by atoms with Crippen LogP contribution in [0.15, 0.2) is 60.0 Å². The molecular formula is C24H21FN6O. The average Bonchev–Trinajstić information content (AvgIpc) is 3.42. The van der Waals surface area contributed by atoms with Gasteiger partial charge in [-0.05, 0) is 48.9 Å². The van der Waals surface area contributed by atoms with Crippen molar-refractivity contribution in [3.05, 3.63) is 71.9 Å². The second-order valence-electron chi connectivity index (χ2n) is 8.66. The maximum atomic E-state index is 14.5. The van der Waals surface area contributed by atoms with E-state index in [-0.39, 0.29) is 5.82 Å². The fourth-order valence-electron chi connectivity index (χ4n) is 4.34. The molecule has 1 fully saturated rings. The Balaban J connectivity index is 1.33. The summed E-state index contributed by atoms with van der Waals surface area (Å²) in [7, 11) is 0. The first-order valence-corrected chi connectivity index (χ1v) is 10.5. The van der Waals surface area contributed by atoms with Gasteiger partial charge in [-0.25, -0.2) is 14.4 Å². The quantitative estimate of drug-likeness (QED) is 0.517. The number of aromatic nitrogens is 3. The van der Waals surface area contributed by atoms with Crippen molar-refractivity contribution in [1.29, 1.82) is 0 Å². The number of benzene rings is 2. The van der Waals surface area contributed by atoms with E-state index in [9.17, 15) is 9.50 Å². The Kier molecular flexibility index (Phi) is 4.06. The van der Waals surface area contributed by atoms with Gasteiger partial charge in [0.25, 0.3) is 0 Å². The van der Waals surface area contributed by atoms with E-state index in [1.54, 1.807) is 12.4 Å². The molecule has 0 spiro atoms. The van der Waals surface area contributed by atoms with Gasteiger partial charge >= 0.3 is 0 Å². The molecule has 8 heteroatoms. The van der Waals surface area contributed by atoms with Crippen LogP contribution in [0.2, 0.25) is 0 Å². The van der Waals surface area contributed by atoms with E-state index in [0.29, 0.717) is 47.9 Å². The SMILES string of the molecule is CC1(O)CN(c2ccc(Nc3nc(-c4cc(F)c5c(c4)CN=C5)cn4ccnc34)cc2)C1. The topological polar surface area (TPSA) is 78.0 Å². The highest BCUT2D eigenvalue weighted by Gasteiger charge is 2.36. The second kappa shape index (κ2) is 6.86. The van der Waals surface area contributed by atoms with Crippen molar-refractivity contribution in [1.82, 2.24) is 14.4 Å². The average molecular weight is 428 g/mol. The van der Waals surface area contributed by atoms with Crippen LogP contribution in [-0.4, -0.2) is 44.4 Å².